The number of aromatic nitrogens is 2. The van der Waals surface area contributed by atoms with E-state index in [0.29, 0.717) is 18.5 Å². The molecule has 0 aliphatic heterocycles. The quantitative estimate of drug-likeness (QED) is 0.563. The highest BCUT2D eigenvalue weighted by Crippen LogP contribution is 2.17. The maximum Gasteiger partial charge on any atom is 0.408 e. The fourth-order valence-electron chi connectivity index (χ4n) is 2.55. The maximum atomic E-state index is 11.9. The van der Waals surface area contributed by atoms with E-state index in [2.05, 4.69) is 31.2 Å². The fourth-order valence-corrected chi connectivity index (χ4v) is 2.76. The second-order valence-electron chi connectivity index (χ2n) is 6.07. The van der Waals surface area contributed by atoms with E-state index in [1.807, 2.05) is 54.6 Å². The topological polar surface area (TPSA) is 81.2 Å². The number of halogens is 1. The van der Waals surface area contributed by atoms with Crippen molar-refractivity contribution in [3.8, 4) is 11.4 Å². The average molecular weight is 440 g/mol. The number of ether oxygens (including phenoxy) is 1. The number of carbonyl (C=O) groups excluding carboxylic acids is 2. The third-order valence-electron chi connectivity index (χ3n) is 3.97. The first-order chi connectivity index (χ1) is 13.6. The van der Waals surface area contributed by atoms with E-state index in [4.69, 9.17) is 4.74 Å². The minimum Gasteiger partial charge on any atom is -0.445 e. The predicted molar refractivity (Wildman–Crippen MR) is 108 cm³/mol. The average Bonchev–Trinajstić information content (AvgIpc) is 2.74. The summed E-state index contributed by atoms with van der Waals surface area (Å²) in [6, 6.07) is 16.2. The highest BCUT2D eigenvalue weighted by Gasteiger charge is 2.13. The largest absolute Gasteiger partial charge is 0.445 e. The Kier molecular flexibility index (Phi) is 6.86. The van der Waals surface area contributed by atoms with Crippen molar-refractivity contribution in [2.75, 3.05) is 0 Å². The smallest absolute Gasteiger partial charge is 0.408 e. The summed E-state index contributed by atoms with van der Waals surface area (Å²) < 4.78 is 5.97. The third kappa shape index (κ3) is 5.72. The first-order valence-corrected chi connectivity index (χ1v) is 9.42. The molecule has 6 nitrogen and oxygen atoms in total. The molecule has 0 aliphatic rings. The van der Waals surface area contributed by atoms with Crippen LogP contribution in [0.2, 0.25) is 0 Å². The van der Waals surface area contributed by atoms with E-state index in [1.54, 1.807) is 12.4 Å². The van der Waals surface area contributed by atoms with Crippen molar-refractivity contribution in [2.24, 2.45) is 0 Å². The van der Waals surface area contributed by atoms with Crippen LogP contribution in [-0.2, 0) is 22.6 Å². The molecule has 0 saturated heterocycles. The van der Waals surface area contributed by atoms with Crippen molar-refractivity contribution < 1.29 is 14.3 Å². The van der Waals surface area contributed by atoms with Gasteiger partial charge in [0.05, 0.1) is 10.5 Å². The molecular formula is C21H18BrN3O3. The summed E-state index contributed by atoms with van der Waals surface area (Å²) in [5, 5.41) is 2.58. The standard InChI is InChI=1S/C21H18BrN3O3/c22-18-11-23-20(24-12-18)17-8-6-15(7-9-17)10-19(13-26)25-21(27)28-14-16-4-2-1-3-5-16/h1-9,11-13,19H,10,14H2,(H,25,27)/t19-/m0/s1. The van der Waals surface area contributed by atoms with E-state index in [1.165, 1.54) is 0 Å². The van der Waals surface area contributed by atoms with Crippen LogP contribution in [-0.4, -0.2) is 28.4 Å². The van der Waals surface area contributed by atoms with E-state index < -0.39 is 12.1 Å². The lowest BCUT2D eigenvalue weighted by atomic mass is 10.0. The second kappa shape index (κ2) is 9.75. The number of rotatable bonds is 7. The predicted octanol–water partition coefficient (Wildman–Crippen LogP) is 3.94. The van der Waals surface area contributed by atoms with Crippen molar-refractivity contribution in [2.45, 2.75) is 19.1 Å². The fraction of sp³-hybridized carbons (Fsp3) is 0.143. The number of nitrogens with zero attached hydrogens (tertiary/aromatic N) is 2. The number of alkyl carbamates (subject to hydrolysis) is 1. The van der Waals surface area contributed by atoms with Crippen molar-refractivity contribution in [1.29, 1.82) is 0 Å². The Morgan fingerprint density at radius 3 is 2.36 bits per heavy atom. The third-order valence-corrected chi connectivity index (χ3v) is 4.38. The molecule has 3 rings (SSSR count). The second-order valence-corrected chi connectivity index (χ2v) is 6.99. The van der Waals surface area contributed by atoms with E-state index >= 15 is 0 Å². The van der Waals surface area contributed by atoms with Gasteiger partial charge in [-0.05, 0) is 33.5 Å². The van der Waals surface area contributed by atoms with Crippen molar-refractivity contribution in [3.05, 3.63) is 82.6 Å². The molecule has 1 heterocycles. The molecule has 1 amide bonds. The molecule has 0 unspecified atom stereocenters. The van der Waals surface area contributed by atoms with E-state index in [9.17, 15) is 9.59 Å². The molecule has 7 heteroatoms. The molecule has 3 aromatic rings. The lowest BCUT2D eigenvalue weighted by molar-refractivity contribution is -0.109. The molecule has 0 fully saturated rings. The SMILES string of the molecule is O=C[C@H](Cc1ccc(-c2ncc(Br)cn2)cc1)NC(=O)OCc1ccccc1. The van der Waals surface area contributed by atoms with Crippen LogP contribution in [0.4, 0.5) is 4.79 Å². The van der Waals surface area contributed by atoms with Gasteiger partial charge in [0.1, 0.15) is 12.9 Å². The van der Waals surface area contributed by atoms with E-state index in [0.717, 1.165) is 21.2 Å². The van der Waals surface area contributed by atoms with Crippen molar-refractivity contribution in [3.63, 3.8) is 0 Å². The highest BCUT2D eigenvalue weighted by atomic mass is 79.9. The van der Waals surface area contributed by atoms with Gasteiger partial charge >= 0.3 is 6.09 Å². The normalized spacial score (nSPS) is 11.5. The highest BCUT2D eigenvalue weighted by molar-refractivity contribution is 9.10. The molecule has 1 atom stereocenters. The molecule has 0 spiro atoms. The first kappa shape index (κ1) is 19.7. The summed E-state index contributed by atoms with van der Waals surface area (Å²) in [5.41, 5.74) is 2.65. The number of aldehydes is 1. The van der Waals surface area contributed by atoms with Gasteiger partial charge in [0, 0.05) is 18.0 Å². The summed E-state index contributed by atoms with van der Waals surface area (Å²) in [7, 11) is 0. The minimum absolute atomic E-state index is 0.153. The number of amides is 1. The van der Waals surface area contributed by atoms with Gasteiger partial charge in [0.15, 0.2) is 5.82 Å². The van der Waals surface area contributed by atoms with Crippen LogP contribution < -0.4 is 5.32 Å². The summed E-state index contributed by atoms with van der Waals surface area (Å²) in [6.07, 6.45) is 3.81. The Morgan fingerprint density at radius 1 is 1.04 bits per heavy atom. The Balaban J connectivity index is 1.54. The van der Waals surface area contributed by atoms with Gasteiger partial charge in [-0.25, -0.2) is 14.8 Å². The first-order valence-electron chi connectivity index (χ1n) is 8.63. The molecule has 2 aromatic carbocycles. The molecule has 0 radical (unpaired) electrons. The number of benzene rings is 2. The Bertz CT molecular complexity index is 916. The van der Waals surface area contributed by atoms with Crippen molar-refractivity contribution in [1.82, 2.24) is 15.3 Å². The molecule has 1 aromatic heterocycles. The molecule has 142 valence electrons. The molecule has 28 heavy (non-hydrogen) atoms. The van der Waals surface area contributed by atoms with Gasteiger partial charge in [-0.2, -0.15) is 0 Å². The zero-order valence-electron chi connectivity index (χ0n) is 14.9. The van der Waals surface area contributed by atoms with Crippen LogP contribution >= 0.6 is 15.9 Å². The van der Waals surface area contributed by atoms with Crippen LogP contribution in [0.25, 0.3) is 11.4 Å². The van der Waals surface area contributed by atoms with E-state index in [-0.39, 0.29) is 6.61 Å². The summed E-state index contributed by atoms with van der Waals surface area (Å²) in [4.78, 5) is 31.8. The van der Waals surface area contributed by atoms with Crippen LogP contribution in [0, 0.1) is 0 Å². The Labute approximate surface area is 171 Å². The zero-order chi connectivity index (χ0) is 19.8. The molecule has 0 saturated carbocycles. The monoisotopic (exact) mass is 439 g/mol. The molecular weight excluding hydrogens is 422 g/mol. The maximum absolute atomic E-state index is 11.9. The van der Waals surface area contributed by atoms with Crippen LogP contribution in [0.5, 0.6) is 0 Å². The van der Waals surface area contributed by atoms with Crippen LogP contribution in [0.3, 0.4) is 0 Å². The van der Waals surface area contributed by atoms with Gasteiger partial charge in [0.25, 0.3) is 0 Å². The summed E-state index contributed by atoms with van der Waals surface area (Å²) in [5.74, 6) is 0.615. The lowest BCUT2D eigenvalue weighted by Crippen LogP contribution is -2.37. The number of carbonyl (C=O) groups is 2. The Hall–Kier alpha value is -3.06. The minimum atomic E-state index is -0.668. The summed E-state index contributed by atoms with van der Waals surface area (Å²) >= 11 is 3.31. The van der Waals surface area contributed by atoms with Gasteiger partial charge in [-0.3, -0.25) is 0 Å². The van der Waals surface area contributed by atoms with Gasteiger partial charge < -0.3 is 14.8 Å². The number of hydrogen-bond acceptors (Lipinski definition) is 5. The van der Waals surface area contributed by atoms with Crippen LogP contribution in [0.15, 0.2) is 71.5 Å². The molecule has 0 bridgehead atoms. The number of nitrogens with one attached hydrogen (secondary N) is 1. The molecule has 1 N–H and O–H groups in total. The van der Waals surface area contributed by atoms with Crippen molar-refractivity contribution >= 4 is 28.3 Å². The number of hydrogen-bond donors (Lipinski definition) is 1. The lowest BCUT2D eigenvalue weighted by Gasteiger charge is -2.13. The Morgan fingerprint density at radius 2 is 1.71 bits per heavy atom. The van der Waals surface area contributed by atoms with Crippen LogP contribution in [0.1, 0.15) is 11.1 Å². The summed E-state index contributed by atoms with van der Waals surface area (Å²) in [6.45, 7) is 0.153. The molecule has 0 aliphatic carbocycles. The van der Waals surface area contributed by atoms with Gasteiger partial charge in [-0.1, -0.05) is 54.6 Å². The van der Waals surface area contributed by atoms with Gasteiger partial charge in [-0.15, -0.1) is 0 Å². The van der Waals surface area contributed by atoms with Gasteiger partial charge in [0.2, 0.25) is 0 Å². The zero-order valence-corrected chi connectivity index (χ0v) is 16.5.